The average molecular weight is 416 g/mol. The number of nitrogens with one attached hydrogen (secondary N) is 1. The molecule has 3 rings (SSSR count). The Morgan fingerprint density at radius 2 is 1.93 bits per heavy atom. The highest BCUT2D eigenvalue weighted by molar-refractivity contribution is 7.99. The zero-order valence-electron chi connectivity index (χ0n) is 15.1. The van der Waals surface area contributed by atoms with Crippen LogP contribution >= 0.6 is 23.4 Å². The molecule has 3 amide bonds. The Morgan fingerprint density at radius 3 is 2.61 bits per heavy atom. The van der Waals surface area contributed by atoms with Gasteiger partial charge in [0.05, 0.1) is 0 Å². The number of imide groups is 1. The third-order valence-corrected chi connectivity index (χ3v) is 5.00. The molecule has 144 valence electrons. The van der Waals surface area contributed by atoms with Crippen LogP contribution in [0.25, 0.3) is 17.1 Å². The molecule has 0 aliphatic rings. The summed E-state index contributed by atoms with van der Waals surface area (Å²) in [5.74, 6) is 0.671. The summed E-state index contributed by atoms with van der Waals surface area (Å²) in [4.78, 5) is 22.4. The van der Waals surface area contributed by atoms with Gasteiger partial charge in [-0.3, -0.25) is 14.7 Å². The van der Waals surface area contributed by atoms with E-state index in [1.807, 2.05) is 53.2 Å². The van der Waals surface area contributed by atoms with Gasteiger partial charge in [0.25, 0.3) is 0 Å². The molecule has 9 heteroatoms. The number of aromatic nitrogens is 3. The second-order valence-corrected chi connectivity index (χ2v) is 7.50. The zero-order chi connectivity index (χ0) is 20.1. The smallest absolute Gasteiger partial charge is 0.318 e. The topological polar surface area (TPSA) is 103 Å². The van der Waals surface area contributed by atoms with Crippen LogP contribution in [0.2, 0.25) is 5.02 Å². The molecule has 2 aromatic carbocycles. The number of urea groups is 1. The zero-order valence-corrected chi connectivity index (χ0v) is 16.6. The number of primary amides is 1. The van der Waals surface area contributed by atoms with Crippen molar-refractivity contribution in [2.75, 3.05) is 5.75 Å². The van der Waals surface area contributed by atoms with Crippen LogP contribution in [0, 0.1) is 6.92 Å². The molecule has 0 unspecified atom stereocenters. The minimum atomic E-state index is -0.860. The van der Waals surface area contributed by atoms with Gasteiger partial charge in [0.1, 0.15) is 0 Å². The van der Waals surface area contributed by atoms with E-state index in [2.05, 4.69) is 10.2 Å². The lowest BCUT2D eigenvalue weighted by atomic mass is 10.1. The monoisotopic (exact) mass is 415 g/mol. The molecule has 0 atom stereocenters. The van der Waals surface area contributed by atoms with Crippen LogP contribution in [-0.4, -0.2) is 32.5 Å². The molecule has 1 aromatic heterocycles. The highest BCUT2D eigenvalue weighted by Crippen LogP contribution is 2.29. The highest BCUT2D eigenvalue weighted by Gasteiger charge is 2.17. The summed E-state index contributed by atoms with van der Waals surface area (Å²) >= 11 is 7.39. The second kappa shape index (κ2) is 8.90. The summed E-state index contributed by atoms with van der Waals surface area (Å²) in [6.45, 7) is 2.01. The maximum Gasteiger partial charge on any atom is 0.318 e. The number of hydrogen-bond donors (Lipinski definition) is 2. The van der Waals surface area contributed by atoms with E-state index in [-0.39, 0.29) is 6.42 Å². The molecule has 7 nitrogen and oxygen atoms in total. The molecule has 0 aliphatic heterocycles. The maximum absolute atomic E-state index is 11.6. The van der Waals surface area contributed by atoms with E-state index in [0.717, 1.165) is 16.8 Å². The lowest BCUT2D eigenvalue weighted by Crippen LogP contribution is -2.35. The number of rotatable bonds is 6. The first kappa shape index (κ1) is 19.9. The van der Waals surface area contributed by atoms with Crippen molar-refractivity contribution in [3.63, 3.8) is 0 Å². The van der Waals surface area contributed by atoms with Crippen LogP contribution < -0.4 is 11.1 Å². The van der Waals surface area contributed by atoms with Crippen molar-refractivity contribution in [2.45, 2.75) is 18.5 Å². The van der Waals surface area contributed by atoms with E-state index < -0.39 is 11.9 Å². The maximum atomic E-state index is 11.6. The molecule has 0 bridgehead atoms. The lowest BCUT2D eigenvalue weighted by molar-refractivity contribution is -0.119. The van der Waals surface area contributed by atoms with Gasteiger partial charge >= 0.3 is 6.03 Å². The molecule has 0 saturated heterocycles. The first-order valence-electron chi connectivity index (χ1n) is 8.44. The standard InChI is InChI=1S/C19H18ClN5O2S/c1-12-3-2-4-13(11-12)17-23-24-19(28-10-9-16(26)22-18(21)27)25(17)15-7-5-14(20)6-8-15/h2-8,11H,9-10H2,1H3,(H3,21,22,26,27). The Labute approximate surface area is 171 Å². The second-order valence-electron chi connectivity index (χ2n) is 6.00. The van der Waals surface area contributed by atoms with Gasteiger partial charge in [-0.05, 0) is 37.3 Å². The molecular formula is C19H18ClN5O2S. The van der Waals surface area contributed by atoms with Crippen molar-refractivity contribution in [1.29, 1.82) is 0 Å². The normalized spacial score (nSPS) is 10.6. The number of benzene rings is 2. The van der Waals surface area contributed by atoms with Gasteiger partial charge in [-0.25, -0.2) is 4.79 Å². The number of thioether (sulfide) groups is 1. The number of nitrogens with two attached hydrogens (primary N) is 1. The fraction of sp³-hybridized carbons (Fsp3) is 0.158. The van der Waals surface area contributed by atoms with Crippen LogP contribution in [0.1, 0.15) is 12.0 Å². The number of nitrogens with zero attached hydrogens (tertiary/aromatic N) is 3. The van der Waals surface area contributed by atoms with Crippen molar-refractivity contribution in [1.82, 2.24) is 20.1 Å². The number of aryl methyl sites for hydroxylation is 1. The van der Waals surface area contributed by atoms with Crippen LogP contribution in [0.3, 0.4) is 0 Å². The summed E-state index contributed by atoms with van der Waals surface area (Å²) in [5, 5.41) is 12.0. The molecule has 0 saturated carbocycles. The van der Waals surface area contributed by atoms with Gasteiger partial charge in [0.2, 0.25) is 5.91 Å². The fourth-order valence-electron chi connectivity index (χ4n) is 2.59. The Morgan fingerprint density at radius 1 is 1.18 bits per heavy atom. The number of carbonyl (C=O) groups excluding carboxylic acids is 2. The van der Waals surface area contributed by atoms with Crippen molar-refractivity contribution in [3.8, 4) is 17.1 Å². The SMILES string of the molecule is Cc1cccc(-c2nnc(SCCC(=O)NC(N)=O)n2-c2ccc(Cl)cc2)c1. The van der Waals surface area contributed by atoms with E-state index in [4.69, 9.17) is 17.3 Å². The Hall–Kier alpha value is -2.84. The van der Waals surface area contributed by atoms with Crippen molar-refractivity contribution >= 4 is 35.3 Å². The predicted octanol–water partition coefficient (Wildman–Crippen LogP) is 3.57. The van der Waals surface area contributed by atoms with Gasteiger partial charge in [-0.2, -0.15) is 0 Å². The third-order valence-electron chi connectivity index (χ3n) is 3.82. The molecule has 3 N–H and O–H groups in total. The molecule has 1 heterocycles. The first-order chi connectivity index (χ1) is 13.4. The van der Waals surface area contributed by atoms with Crippen molar-refractivity contribution in [2.24, 2.45) is 5.73 Å². The quantitative estimate of drug-likeness (QED) is 0.599. The minimum Gasteiger partial charge on any atom is -0.351 e. The summed E-state index contributed by atoms with van der Waals surface area (Å²) in [6, 6.07) is 14.5. The van der Waals surface area contributed by atoms with E-state index in [9.17, 15) is 9.59 Å². The van der Waals surface area contributed by atoms with Crippen LogP contribution in [-0.2, 0) is 4.79 Å². The minimum absolute atomic E-state index is 0.126. The summed E-state index contributed by atoms with van der Waals surface area (Å²) in [7, 11) is 0. The van der Waals surface area contributed by atoms with E-state index >= 15 is 0 Å². The molecule has 0 aliphatic carbocycles. The molecule has 0 fully saturated rings. The largest absolute Gasteiger partial charge is 0.351 e. The Balaban J connectivity index is 1.91. The van der Waals surface area contributed by atoms with Crippen LogP contribution in [0.5, 0.6) is 0 Å². The van der Waals surface area contributed by atoms with Gasteiger partial charge in [0.15, 0.2) is 11.0 Å². The Kier molecular flexibility index (Phi) is 6.33. The Bertz CT molecular complexity index is 1000. The highest BCUT2D eigenvalue weighted by atomic mass is 35.5. The average Bonchev–Trinajstić information content (AvgIpc) is 3.05. The van der Waals surface area contributed by atoms with Gasteiger partial charge in [-0.15, -0.1) is 10.2 Å². The molecule has 28 heavy (non-hydrogen) atoms. The third kappa shape index (κ3) is 4.90. The van der Waals surface area contributed by atoms with Crippen molar-refractivity contribution < 1.29 is 9.59 Å². The molecule has 0 radical (unpaired) electrons. The van der Waals surface area contributed by atoms with E-state index in [1.165, 1.54) is 11.8 Å². The molecule has 3 aromatic rings. The number of hydrogen-bond acceptors (Lipinski definition) is 5. The number of carbonyl (C=O) groups is 2. The van der Waals surface area contributed by atoms with E-state index in [1.54, 1.807) is 12.1 Å². The number of amides is 3. The predicted molar refractivity (Wildman–Crippen MR) is 110 cm³/mol. The molecule has 0 spiro atoms. The number of halogens is 1. The molecular weight excluding hydrogens is 398 g/mol. The van der Waals surface area contributed by atoms with Crippen LogP contribution in [0.15, 0.2) is 53.7 Å². The van der Waals surface area contributed by atoms with E-state index in [0.29, 0.717) is 21.8 Å². The lowest BCUT2D eigenvalue weighted by Gasteiger charge is -2.11. The van der Waals surface area contributed by atoms with Crippen LogP contribution in [0.4, 0.5) is 4.79 Å². The van der Waals surface area contributed by atoms with Gasteiger partial charge in [-0.1, -0.05) is 47.1 Å². The summed E-state index contributed by atoms with van der Waals surface area (Å²) in [5.41, 5.74) is 7.85. The fourth-order valence-corrected chi connectivity index (χ4v) is 3.61. The van der Waals surface area contributed by atoms with Crippen molar-refractivity contribution in [3.05, 3.63) is 59.1 Å². The van der Waals surface area contributed by atoms with Gasteiger partial charge in [0, 0.05) is 28.4 Å². The first-order valence-corrected chi connectivity index (χ1v) is 9.81. The van der Waals surface area contributed by atoms with Gasteiger partial charge < -0.3 is 5.73 Å². The summed E-state index contributed by atoms with van der Waals surface area (Å²) in [6.07, 6.45) is 0.126. The summed E-state index contributed by atoms with van der Waals surface area (Å²) < 4.78 is 1.92.